The summed E-state index contributed by atoms with van der Waals surface area (Å²) in [6, 6.07) is 2.14. The monoisotopic (exact) mass is 346 g/mol. The smallest absolute Gasteiger partial charge is 0.154 e. The Bertz CT molecular complexity index is 764. The van der Waals surface area contributed by atoms with Gasteiger partial charge in [0.15, 0.2) is 5.82 Å². The lowest BCUT2D eigenvalue weighted by atomic mass is 9.74. The third kappa shape index (κ3) is 2.35. The fraction of sp³-hybridized carbons (Fsp3) is 0.647. The maximum atomic E-state index is 6.43. The minimum absolute atomic E-state index is 0.168. The van der Waals surface area contributed by atoms with E-state index in [9.17, 15) is 0 Å². The van der Waals surface area contributed by atoms with Gasteiger partial charge in [-0.3, -0.25) is 4.98 Å². The van der Waals surface area contributed by atoms with E-state index in [1.807, 2.05) is 14.0 Å². The Balaban J connectivity index is 1.81. The van der Waals surface area contributed by atoms with Gasteiger partial charge in [0.1, 0.15) is 0 Å². The van der Waals surface area contributed by atoms with Gasteiger partial charge in [-0.25, -0.2) is 4.68 Å². The molecule has 0 amide bonds. The molecule has 4 rings (SSSR count). The summed E-state index contributed by atoms with van der Waals surface area (Å²) in [5.74, 6) is 1.51. The van der Waals surface area contributed by atoms with Crippen LogP contribution in [0.15, 0.2) is 6.07 Å². The van der Waals surface area contributed by atoms with Crippen molar-refractivity contribution >= 4 is 11.6 Å². The average molecular weight is 347 g/mol. The summed E-state index contributed by atoms with van der Waals surface area (Å²) in [6.45, 7) is 6.32. The molecule has 128 valence electrons. The zero-order chi connectivity index (χ0) is 16.9. The average Bonchev–Trinajstić information content (AvgIpc) is 3.12. The molecule has 1 aliphatic heterocycles. The quantitative estimate of drug-likeness (QED) is 0.904. The first-order valence-electron chi connectivity index (χ1n) is 8.62. The van der Waals surface area contributed by atoms with E-state index in [0.717, 1.165) is 48.9 Å². The Morgan fingerprint density at radius 1 is 1.38 bits per heavy atom. The van der Waals surface area contributed by atoms with Crippen molar-refractivity contribution in [2.75, 3.05) is 13.1 Å². The second kappa shape index (κ2) is 5.77. The molecule has 2 aromatic rings. The Labute approximate surface area is 147 Å². The van der Waals surface area contributed by atoms with E-state index in [0.29, 0.717) is 5.92 Å². The van der Waals surface area contributed by atoms with E-state index in [-0.39, 0.29) is 11.3 Å². The third-order valence-corrected chi connectivity index (χ3v) is 6.30. The predicted octanol–water partition coefficient (Wildman–Crippen LogP) is 2.48. The van der Waals surface area contributed by atoms with Crippen molar-refractivity contribution in [3.63, 3.8) is 0 Å². The minimum Gasteiger partial charge on any atom is -0.317 e. The Morgan fingerprint density at radius 3 is 2.79 bits per heavy atom. The van der Waals surface area contributed by atoms with Gasteiger partial charge in [-0.15, -0.1) is 5.10 Å². The summed E-state index contributed by atoms with van der Waals surface area (Å²) < 4.78 is 1.78. The summed E-state index contributed by atoms with van der Waals surface area (Å²) in [6.07, 6.45) is 3.37. The molecule has 2 aliphatic rings. The molecule has 1 saturated heterocycles. The number of fused-ring (bicyclic) bond motifs is 2. The lowest BCUT2D eigenvalue weighted by Gasteiger charge is -2.35. The van der Waals surface area contributed by atoms with E-state index in [4.69, 9.17) is 16.6 Å². The highest BCUT2D eigenvalue weighted by atomic mass is 35.5. The van der Waals surface area contributed by atoms with Gasteiger partial charge < -0.3 is 5.32 Å². The second-order valence-corrected chi connectivity index (χ2v) is 7.69. The number of tetrazole rings is 1. The van der Waals surface area contributed by atoms with Gasteiger partial charge in [0.2, 0.25) is 0 Å². The van der Waals surface area contributed by atoms with Crippen molar-refractivity contribution in [2.45, 2.75) is 50.4 Å². The molecule has 2 aromatic heterocycles. The highest BCUT2D eigenvalue weighted by molar-refractivity contribution is 6.31. The van der Waals surface area contributed by atoms with Crippen LogP contribution in [0.4, 0.5) is 0 Å². The third-order valence-electron chi connectivity index (χ3n) is 5.92. The van der Waals surface area contributed by atoms with Crippen molar-refractivity contribution in [2.24, 2.45) is 7.05 Å². The van der Waals surface area contributed by atoms with Crippen LogP contribution < -0.4 is 5.32 Å². The van der Waals surface area contributed by atoms with E-state index in [2.05, 4.69) is 33.8 Å². The van der Waals surface area contributed by atoms with Crippen LogP contribution in [0, 0.1) is 6.92 Å². The Hall–Kier alpha value is -1.53. The topological polar surface area (TPSA) is 68.5 Å². The second-order valence-electron chi connectivity index (χ2n) is 7.28. The lowest BCUT2D eigenvalue weighted by molar-refractivity contribution is 0.279. The molecule has 1 aliphatic carbocycles. The highest BCUT2D eigenvalue weighted by Crippen LogP contribution is 2.54. The molecule has 6 nitrogen and oxygen atoms in total. The largest absolute Gasteiger partial charge is 0.317 e. The molecule has 1 spiro atoms. The first-order chi connectivity index (χ1) is 11.5. The molecule has 1 unspecified atom stereocenters. The zero-order valence-corrected chi connectivity index (χ0v) is 15.1. The number of aryl methyl sites for hydroxylation is 2. The van der Waals surface area contributed by atoms with E-state index < -0.39 is 0 Å². The van der Waals surface area contributed by atoms with E-state index >= 15 is 0 Å². The van der Waals surface area contributed by atoms with Crippen LogP contribution in [-0.4, -0.2) is 38.3 Å². The van der Waals surface area contributed by atoms with E-state index in [1.54, 1.807) is 4.68 Å². The molecule has 2 atom stereocenters. The molecule has 0 aromatic carbocycles. The molecule has 7 heteroatoms. The Kier molecular flexibility index (Phi) is 3.84. The van der Waals surface area contributed by atoms with Crippen LogP contribution in [0.5, 0.6) is 0 Å². The summed E-state index contributed by atoms with van der Waals surface area (Å²) in [7, 11) is 1.91. The van der Waals surface area contributed by atoms with Crippen molar-refractivity contribution in [3.05, 3.63) is 33.9 Å². The fourth-order valence-electron chi connectivity index (χ4n) is 4.52. The molecular formula is C17H23ClN6. The minimum atomic E-state index is 0.168. The molecule has 1 N–H and O–H groups in total. The first-order valence-corrected chi connectivity index (χ1v) is 9.00. The van der Waals surface area contributed by atoms with Crippen molar-refractivity contribution < 1.29 is 0 Å². The SMILES string of the molecule is Cc1nc2c(cc1Cl)[C@H](C(C)c1nnnn1C)CC21CCNCC1. The number of nitrogens with one attached hydrogen (secondary N) is 1. The number of pyridine rings is 1. The van der Waals surface area contributed by atoms with Crippen LogP contribution in [-0.2, 0) is 12.5 Å². The van der Waals surface area contributed by atoms with Crippen LogP contribution in [0.1, 0.15) is 60.8 Å². The van der Waals surface area contributed by atoms with Crippen molar-refractivity contribution in [3.8, 4) is 0 Å². The number of rotatable bonds is 2. The summed E-state index contributed by atoms with van der Waals surface area (Å²) in [5, 5.41) is 16.3. The van der Waals surface area contributed by atoms with Crippen molar-refractivity contribution in [1.29, 1.82) is 0 Å². The van der Waals surface area contributed by atoms with Gasteiger partial charge in [-0.05, 0) is 67.3 Å². The number of aromatic nitrogens is 5. The Morgan fingerprint density at radius 2 is 2.12 bits per heavy atom. The number of halogens is 1. The van der Waals surface area contributed by atoms with E-state index in [1.165, 1.54) is 11.3 Å². The maximum Gasteiger partial charge on any atom is 0.154 e. The molecule has 1 fully saturated rings. The molecule has 0 radical (unpaired) electrons. The van der Waals surface area contributed by atoms with Crippen molar-refractivity contribution in [1.82, 2.24) is 30.5 Å². The van der Waals surface area contributed by atoms with Crippen LogP contribution >= 0.6 is 11.6 Å². The summed E-state index contributed by atoms with van der Waals surface area (Å²) in [4.78, 5) is 4.95. The number of hydrogen-bond donors (Lipinski definition) is 1. The fourth-order valence-corrected chi connectivity index (χ4v) is 4.68. The zero-order valence-electron chi connectivity index (χ0n) is 14.4. The number of nitrogens with zero attached hydrogens (tertiary/aromatic N) is 5. The number of piperidine rings is 1. The molecule has 0 saturated carbocycles. The number of hydrogen-bond acceptors (Lipinski definition) is 5. The molecule has 0 bridgehead atoms. The highest BCUT2D eigenvalue weighted by Gasteiger charge is 2.48. The molecule has 24 heavy (non-hydrogen) atoms. The standard InChI is InChI=1S/C17H23ClN6/c1-10(16-21-22-23-24(16)3)13-9-17(4-6-19-7-5-17)15-12(13)8-14(18)11(2)20-15/h8,10,13,19H,4-7,9H2,1-3H3/t10?,13-/m0/s1. The molecular weight excluding hydrogens is 324 g/mol. The maximum absolute atomic E-state index is 6.43. The van der Waals surface area contributed by atoms with Crippen LogP contribution in [0.25, 0.3) is 0 Å². The summed E-state index contributed by atoms with van der Waals surface area (Å²) in [5.41, 5.74) is 3.66. The van der Waals surface area contributed by atoms with Crippen LogP contribution in [0.3, 0.4) is 0 Å². The van der Waals surface area contributed by atoms with Gasteiger partial charge in [-0.2, -0.15) is 0 Å². The predicted molar refractivity (Wildman–Crippen MR) is 92.3 cm³/mol. The van der Waals surface area contributed by atoms with Gasteiger partial charge >= 0.3 is 0 Å². The van der Waals surface area contributed by atoms with Gasteiger partial charge in [-0.1, -0.05) is 18.5 Å². The van der Waals surface area contributed by atoms with Gasteiger partial charge in [0.25, 0.3) is 0 Å². The lowest BCUT2D eigenvalue weighted by Crippen LogP contribution is -2.39. The molecule has 3 heterocycles. The van der Waals surface area contributed by atoms with Gasteiger partial charge in [0.05, 0.1) is 16.4 Å². The summed E-state index contributed by atoms with van der Waals surface area (Å²) >= 11 is 6.43. The first kappa shape index (κ1) is 16.0. The normalized spacial score (nSPS) is 23.4. The van der Waals surface area contributed by atoms with Gasteiger partial charge in [0, 0.05) is 18.4 Å². The van der Waals surface area contributed by atoms with Crippen LogP contribution in [0.2, 0.25) is 5.02 Å².